The molecule has 2 heterocycles. The van der Waals surface area contributed by atoms with Crippen LogP contribution in [0.1, 0.15) is 12.8 Å². The van der Waals surface area contributed by atoms with Gasteiger partial charge in [-0.1, -0.05) is 0 Å². The number of likely N-dealkylation sites (N-methyl/N-ethyl adjacent to an activating group) is 1. The third-order valence-corrected chi connectivity index (χ3v) is 5.81. The van der Waals surface area contributed by atoms with Crippen molar-refractivity contribution >= 4 is 21.8 Å². The van der Waals surface area contributed by atoms with E-state index in [2.05, 4.69) is 15.1 Å². The minimum atomic E-state index is -3.42. The average molecular weight is 304 g/mol. The van der Waals surface area contributed by atoms with Gasteiger partial charge in [-0.2, -0.15) is 16.9 Å². The third-order valence-electron chi connectivity index (χ3n) is 3.04. The minimum absolute atomic E-state index is 0.242. The van der Waals surface area contributed by atoms with Gasteiger partial charge in [0.1, 0.15) is 4.90 Å². The van der Waals surface area contributed by atoms with Crippen molar-refractivity contribution in [2.75, 3.05) is 25.9 Å². The monoisotopic (exact) mass is 304 g/mol. The van der Waals surface area contributed by atoms with Gasteiger partial charge in [0, 0.05) is 24.5 Å². The van der Waals surface area contributed by atoms with Crippen molar-refractivity contribution in [2.24, 2.45) is 0 Å². The molecular weight excluding hydrogens is 284 g/mol. The van der Waals surface area contributed by atoms with E-state index >= 15 is 0 Å². The molecule has 1 aromatic rings. The number of nitrogens with one attached hydrogen (secondary N) is 2. The number of rotatable bonds is 7. The van der Waals surface area contributed by atoms with Crippen LogP contribution in [0.25, 0.3) is 0 Å². The number of aromatic nitrogens is 2. The maximum Gasteiger partial charge on any atom is 0.243 e. The molecule has 6 nitrogen and oxygen atoms in total. The summed E-state index contributed by atoms with van der Waals surface area (Å²) in [7, 11) is -1.57. The van der Waals surface area contributed by atoms with Gasteiger partial charge in [-0.25, -0.2) is 13.1 Å². The fourth-order valence-corrected chi connectivity index (χ4v) is 4.26. The minimum Gasteiger partial charge on any atom is -0.318 e. The van der Waals surface area contributed by atoms with Crippen molar-refractivity contribution in [2.45, 2.75) is 29.5 Å². The van der Waals surface area contributed by atoms with E-state index in [1.165, 1.54) is 12.6 Å². The van der Waals surface area contributed by atoms with Crippen LogP contribution in [-0.4, -0.2) is 49.3 Å². The lowest BCUT2D eigenvalue weighted by molar-refractivity contribution is 0.574. The van der Waals surface area contributed by atoms with Crippen molar-refractivity contribution in [1.82, 2.24) is 19.8 Å². The molecular formula is C11H20N4O2S2. The lowest BCUT2D eigenvalue weighted by Gasteiger charge is -2.09. The van der Waals surface area contributed by atoms with Crippen molar-refractivity contribution in [1.29, 1.82) is 0 Å². The summed E-state index contributed by atoms with van der Waals surface area (Å²) in [4.78, 5) is 0.242. The van der Waals surface area contributed by atoms with E-state index in [4.69, 9.17) is 0 Å². The summed E-state index contributed by atoms with van der Waals surface area (Å²) >= 11 is 1.84. The zero-order valence-electron chi connectivity index (χ0n) is 11.0. The Bertz CT molecular complexity index is 495. The van der Waals surface area contributed by atoms with Crippen LogP contribution in [0.2, 0.25) is 0 Å². The van der Waals surface area contributed by atoms with Crippen molar-refractivity contribution < 1.29 is 8.42 Å². The average Bonchev–Trinajstić information content (AvgIpc) is 3.05. The lowest BCUT2D eigenvalue weighted by Crippen LogP contribution is -2.29. The number of hydrogen-bond donors (Lipinski definition) is 2. The molecule has 1 aromatic heterocycles. The zero-order valence-corrected chi connectivity index (χ0v) is 12.6. The van der Waals surface area contributed by atoms with Gasteiger partial charge in [0.25, 0.3) is 0 Å². The molecule has 1 fully saturated rings. The van der Waals surface area contributed by atoms with Crippen LogP contribution in [-0.2, 0) is 16.6 Å². The zero-order chi connectivity index (χ0) is 13.7. The third kappa shape index (κ3) is 4.20. The number of sulfonamides is 1. The predicted octanol–water partition coefficient (Wildman–Crippen LogP) is 0.276. The van der Waals surface area contributed by atoms with Gasteiger partial charge in [-0.05, 0) is 25.6 Å². The van der Waals surface area contributed by atoms with Gasteiger partial charge in [0.05, 0.1) is 12.7 Å². The first-order valence-corrected chi connectivity index (χ1v) is 8.93. The molecule has 1 aliphatic heterocycles. The van der Waals surface area contributed by atoms with Gasteiger partial charge in [0.15, 0.2) is 0 Å². The highest BCUT2D eigenvalue weighted by molar-refractivity contribution is 8.00. The summed E-state index contributed by atoms with van der Waals surface area (Å²) in [6.07, 6.45) is 5.24. The van der Waals surface area contributed by atoms with Crippen LogP contribution in [0.15, 0.2) is 17.3 Å². The fraction of sp³-hybridized carbons (Fsp3) is 0.727. The quantitative estimate of drug-likeness (QED) is 0.756. The predicted molar refractivity (Wildman–Crippen MR) is 76.8 cm³/mol. The Kier molecular flexibility index (Phi) is 5.26. The SMILES string of the molecule is CNCCn1cc(S(=O)(=O)NCC2CCCS2)cn1. The lowest BCUT2D eigenvalue weighted by atomic mass is 10.2. The van der Waals surface area contributed by atoms with Crippen LogP contribution < -0.4 is 10.0 Å². The topological polar surface area (TPSA) is 76.0 Å². The standard InChI is InChI=1S/C11H20N4O2S2/c1-12-4-5-15-9-11(8-13-15)19(16,17)14-7-10-3-2-6-18-10/h8-10,12,14H,2-7H2,1H3. The summed E-state index contributed by atoms with van der Waals surface area (Å²) in [5, 5.41) is 7.46. The second kappa shape index (κ2) is 6.74. The molecule has 0 aliphatic carbocycles. The normalized spacial score (nSPS) is 19.9. The van der Waals surface area contributed by atoms with Crippen LogP contribution in [0, 0.1) is 0 Å². The Morgan fingerprint density at radius 1 is 1.58 bits per heavy atom. The molecule has 1 aliphatic rings. The van der Waals surface area contributed by atoms with Gasteiger partial charge in [-0.15, -0.1) is 0 Å². The number of hydrogen-bond acceptors (Lipinski definition) is 5. The van der Waals surface area contributed by atoms with Crippen molar-refractivity contribution in [3.05, 3.63) is 12.4 Å². The van der Waals surface area contributed by atoms with Crippen molar-refractivity contribution in [3.8, 4) is 0 Å². The molecule has 0 saturated carbocycles. The maximum atomic E-state index is 12.1. The molecule has 0 amide bonds. The van der Waals surface area contributed by atoms with Gasteiger partial charge >= 0.3 is 0 Å². The largest absolute Gasteiger partial charge is 0.318 e. The van der Waals surface area contributed by atoms with Crippen molar-refractivity contribution in [3.63, 3.8) is 0 Å². The number of thioether (sulfide) groups is 1. The molecule has 0 spiro atoms. The first-order valence-electron chi connectivity index (χ1n) is 6.40. The van der Waals surface area contributed by atoms with E-state index in [0.717, 1.165) is 18.7 Å². The molecule has 8 heteroatoms. The second-order valence-electron chi connectivity index (χ2n) is 4.53. The second-order valence-corrected chi connectivity index (χ2v) is 7.70. The van der Waals surface area contributed by atoms with Gasteiger partial charge in [-0.3, -0.25) is 4.68 Å². The Morgan fingerprint density at radius 3 is 3.11 bits per heavy atom. The van der Waals surface area contributed by atoms with E-state index in [-0.39, 0.29) is 4.90 Å². The van der Waals surface area contributed by atoms with E-state index in [1.54, 1.807) is 10.9 Å². The highest BCUT2D eigenvalue weighted by Crippen LogP contribution is 2.25. The molecule has 1 atom stereocenters. The van der Waals surface area contributed by atoms with E-state index < -0.39 is 10.0 Å². The van der Waals surface area contributed by atoms with E-state index in [0.29, 0.717) is 18.3 Å². The Hall–Kier alpha value is -0.570. The molecule has 1 saturated heterocycles. The first kappa shape index (κ1) is 14.8. The highest BCUT2D eigenvalue weighted by atomic mass is 32.2. The molecule has 2 rings (SSSR count). The summed E-state index contributed by atoms with van der Waals surface area (Å²) in [5.74, 6) is 1.13. The van der Waals surface area contributed by atoms with Gasteiger partial charge < -0.3 is 5.32 Å². The molecule has 108 valence electrons. The Labute approximate surface area is 118 Å². The molecule has 2 N–H and O–H groups in total. The summed E-state index contributed by atoms with van der Waals surface area (Å²) in [6.45, 7) is 1.92. The molecule has 19 heavy (non-hydrogen) atoms. The molecule has 1 unspecified atom stereocenters. The van der Waals surface area contributed by atoms with Crippen LogP contribution in [0.4, 0.5) is 0 Å². The van der Waals surface area contributed by atoms with E-state index in [1.807, 2.05) is 18.8 Å². The fourth-order valence-electron chi connectivity index (χ4n) is 1.92. The molecule has 0 aromatic carbocycles. The van der Waals surface area contributed by atoms with Crippen LogP contribution in [0.5, 0.6) is 0 Å². The Morgan fingerprint density at radius 2 is 2.42 bits per heavy atom. The Balaban J connectivity index is 1.92. The maximum absolute atomic E-state index is 12.1. The highest BCUT2D eigenvalue weighted by Gasteiger charge is 2.21. The summed E-state index contributed by atoms with van der Waals surface area (Å²) < 4.78 is 28.5. The van der Waals surface area contributed by atoms with Gasteiger partial charge in [0.2, 0.25) is 10.0 Å². The summed E-state index contributed by atoms with van der Waals surface area (Å²) in [6, 6.07) is 0. The smallest absolute Gasteiger partial charge is 0.243 e. The number of nitrogens with zero attached hydrogens (tertiary/aromatic N) is 2. The van der Waals surface area contributed by atoms with E-state index in [9.17, 15) is 8.42 Å². The summed E-state index contributed by atoms with van der Waals surface area (Å²) in [5.41, 5.74) is 0. The molecule has 0 radical (unpaired) electrons. The first-order chi connectivity index (χ1) is 9.12. The van der Waals surface area contributed by atoms with Crippen LogP contribution >= 0.6 is 11.8 Å². The van der Waals surface area contributed by atoms with Crippen LogP contribution in [0.3, 0.4) is 0 Å². The molecule has 0 bridgehead atoms.